The van der Waals surface area contributed by atoms with Gasteiger partial charge in [-0.25, -0.2) is 4.79 Å². The number of carboxylic acids is 1. The fourth-order valence-electron chi connectivity index (χ4n) is 1.07. The zero-order valence-electron chi connectivity index (χ0n) is 7.53. The minimum atomic E-state index is -1.18. The van der Waals surface area contributed by atoms with Crippen molar-refractivity contribution in [3.05, 3.63) is 34.9 Å². The molecule has 1 aromatic rings. The lowest BCUT2D eigenvalue weighted by Crippen LogP contribution is -2.05. The van der Waals surface area contributed by atoms with Crippen molar-refractivity contribution in [2.75, 3.05) is 5.33 Å². The third kappa shape index (κ3) is 2.42. The minimum Gasteiger partial charge on any atom is -0.478 e. The Labute approximate surface area is 94.3 Å². The molecule has 0 unspecified atom stereocenters. The smallest absolute Gasteiger partial charge is 0.337 e. The molecule has 0 aliphatic rings. The van der Waals surface area contributed by atoms with Crippen LogP contribution < -0.4 is 0 Å². The van der Waals surface area contributed by atoms with E-state index in [0.717, 1.165) is 0 Å². The number of nitriles is 1. The largest absolute Gasteiger partial charge is 0.478 e. The van der Waals surface area contributed by atoms with Crippen molar-refractivity contribution in [3.8, 4) is 6.07 Å². The molecule has 0 saturated heterocycles. The van der Waals surface area contributed by atoms with Crippen molar-refractivity contribution >= 4 is 27.7 Å². The summed E-state index contributed by atoms with van der Waals surface area (Å²) in [4.78, 5) is 21.9. The van der Waals surface area contributed by atoms with Gasteiger partial charge in [-0.15, -0.1) is 0 Å². The second-order valence-electron chi connectivity index (χ2n) is 2.73. The molecule has 0 bridgehead atoms. The number of nitrogens with zero attached hydrogens (tertiary/aromatic N) is 1. The molecule has 0 aliphatic carbocycles. The van der Waals surface area contributed by atoms with Gasteiger partial charge in [0.1, 0.15) is 6.07 Å². The van der Waals surface area contributed by atoms with Crippen molar-refractivity contribution in [3.63, 3.8) is 0 Å². The molecule has 0 atom stereocenters. The summed E-state index contributed by atoms with van der Waals surface area (Å²) >= 11 is 3.00. The molecule has 0 saturated carbocycles. The summed E-state index contributed by atoms with van der Waals surface area (Å²) in [7, 11) is 0. The van der Waals surface area contributed by atoms with Crippen LogP contribution in [0.25, 0.3) is 0 Å². The van der Waals surface area contributed by atoms with Gasteiger partial charge in [-0.2, -0.15) is 5.26 Å². The van der Waals surface area contributed by atoms with Gasteiger partial charge in [-0.1, -0.05) is 22.0 Å². The van der Waals surface area contributed by atoms with E-state index >= 15 is 0 Å². The average Bonchev–Trinajstić information content (AvgIpc) is 2.26. The molecule has 0 spiro atoms. The molecule has 4 nitrogen and oxygen atoms in total. The van der Waals surface area contributed by atoms with Gasteiger partial charge in [0, 0.05) is 5.56 Å². The van der Waals surface area contributed by atoms with Crippen LogP contribution in [0.2, 0.25) is 0 Å². The van der Waals surface area contributed by atoms with Gasteiger partial charge in [-0.05, 0) is 12.1 Å². The fourth-order valence-corrected chi connectivity index (χ4v) is 1.40. The first-order chi connectivity index (χ1) is 7.10. The normalized spacial score (nSPS) is 9.33. The highest BCUT2D eigenvalue weighted by atomic mass is 79.9. The number of carbonyl (C=O) groups excluding carboxylic acids is 1. The van der Waals surface area contributed by atoms with E-state index in [0.29, 0.717) is 5.56 Å². The Bertz CT molecular complexity index is 462. The van der Waals surface area contributed by atoms with Gasteiger partial charge in [0.05, 0.1) is 16.5 Å². The maximum absolute atomic E-state index is 11.3. The van der Waals surface area contributed by atoms with Crippen LogP contribution in [0.15, 0.2) is 18.2 Å². The lowest BCUT2D eigenvalue weighted by atomic mass is 10.0. The number of carbonyl (C=O) groups is 2. The number of hydrogen-bond donors (Lipinski definition) is 1. The molecular formula is C10H6BrNO3. The van der Waals surface area contributed by atoms with Gasteiger partial charge >= 0.3 is 5.97 Å². The van der Waals surface area contributed by atoms with Gasteiger partial charge in [0.2, 0.25) is 0 Å². The molecule has 0 aromatic heterocycles. The first-order valence-electron chi connectivity index (χ1n) is 3.96. The highest BCUT2D eigenvalue weighted by Crippen LogP contribution is 2.12. The number of ketones is 1. The number of Topliss-reactive ketones (excluding diaryl/α,β-unsaturated/α-hetero) is 1. The van der Waals surface area contributed by atoms with Crippen molar-refractivity contribution in [2.24, 2.45) is 0 Å². The third-order valence-electron chi connectivity index (χ3n) is 1.81. The van der Waals surface area contributed by atoms with Crippen molar-refractivity contribution in [2.45, 2.75) is 0 Å². The van der Waals surface area contributed by atoms with Crippen LogP contribution in [0.3, 0.4) is 0 Å². The quantitative estimate of drug-likeness (QED) is 0.670. The van der Waals surface area contributed by atoms with E-state index in [9.17, 15) is 9.59 Å². The van der Waals surface area contributed by atoms with Crippen LogP contribution in [0.4, 0.5) is 0 Å². The molecule has 0 heterocycles. The lowest BCUT2D eigenvalue weighted by molar-refractivity contribution is 0.0696. The summed E-state index contributed by atoms with van der Waals surface area (Å²) in [5, 5.41) is 17.6. The number of carboxylic acid groups (broad SMARTS) is 1. The maximum Gasteiger partial charge on any atom is 0.337 e. The number of rotatable bonds is 3. The molecule has 15 heavy (non-hydrogen) atoms. The van der Waals surface area contributed by atoms with Gasteiger partial charge < -0.3 is 5.11 Å². The Balaban J connectivity index is 3.27. The molecule has 0 fully saturated rings. The minimum absolute atomic E-state index is 0.00528. The second-order valence-corrected chi connectivity index (χ2v) is 3.29. The zero-order valence-corrected chi connectivity index (χ0v) is 9.11. The highest BCUT2D eigenvalue weighted by Gasteiger charge is 2.12. The molecule has 76 valence electrons. The van der Waals surface area contributed by atoms with Gasteiger partial charge in [-0.3, -0.25) is 4.79 Å². The summed E-state index contributed by atoms with van der Waals surface area (Å²) in [6.07, 6.45) is 0. The Morgan fingerprint density at radius 3 is 2.60 bits per heavy atom. The van der Waals surface area contributed by atoms with E-state index in [1.807, 2.05) is 0 Å². The Kier molecular flexibility index (Phi) is 3.58. The average molecular weight is 268 g/mol. The van der Waals surface area contributed by atoms with Crippen LogP contribution in [0.1, 0.15) is 26.3 Å². The van der Waals surface area contributed by atoms with Crippen LogP contribution in [0, 0.1) is 11.3 Å². The molecule has 0 aliphatic heterocycles. The Morgan fingerprint density at radius 2 is 2.13 bits per heavy atom. The van der Waals surface area contributed by atoms with E-state index in [-0.39, 0.29) is 22.2 Å². The van der Waals surface area contributed by atoms with Gasteiger partial charge in [0.15, 0.2) is 5.78 Å². The SMILES string of the molecule is N#Cc1cc(C(=O)CBr)ccc1C(=O)O. The van der Waals surface area contributed by atoms with E-state index in [1.54, 1.807) is 6.07 Å². The van der Waals surface area contributed by atoms with Crippen LogP contribution in [0.5, 0.6) is 0 Å². The van der Waals surface area contributed by atoms with Crippen LogP contribution in [-0.4, -0.2) is 22.2 Å². The topological polar surface area (TPSA) is 78.2 Å². The van der Waals surface area contributed by atoms with E-state index in [4.69, 9.17) is 10.4 Å². The van der Waals surface area contributed by atoms with Crippen molar-refractivity contribution < 1.29 is 14.7 Å². The van der Waals surface area contributed by atoms with E-state index in [1.165, 1.54) is 18.2 Å². The summed E-state index contributed by atoms with van der Waals surface area (Å²) in [5.41, 5.74) is 0.228. The number of halogens is 1. The molecule has 1 rings (SSSR count). The van der Waals surface area contributed by atoms with Crippen molar-refractivity contribution in [1.82, 2.24) is 0 Å². The summed E-state index contributed by atoms with van der Waals surface area (Å²) in [6, 6.07) is 5.69. The third-order valence-corrected chi connectivity index (χ3v) is 2.32. The molecule has 5 heteroatoms. The number of alkyl halides is 1. The lowest BCUT2D eigenvalue weighted by Gasteiger charge is -2.01. The summed E-state index contributed by atoms with van der Waals surface area (Å²) in [6.45, 7) is 0. The Morgan fingerprint density at radius 1 is 1.47 bits per heavy atom. The standard InChI is InChI=1S/C10H6BrNO3/c11-4-9(13)6-1-2-8(10(14)15)7(3-6)5-12/h1-3H,4H2,(H,14,15). The summed E-state index contributed by atoms with van der Waals surface area (Å²) in [5.74, 6) is -1.37. The van der Waals surface area contributed by atoms with Gasteiger partial charge in [0.25, 0.3) is 0 Å². The number of aromatic carboxylic acids is 1. The van der Waals surface area contributed by atoms with E-state index in [2.05, 4.69) is 15.9 Å². The molecule has 0 radical (unpaired) electrons. The van der Waals surface area contributed by atoms with Crippen LogP contribution >= 0.6 is 15.9 Å². The number of benzene rings is 1. The first-order valence-corrected chi connectivity index (χ1v) is 5.09. The van der Waals surface area contributed by atoms with E-state index < -0.39 is 5.97 Å². The Hall–Kier alpha value is -1.67. The predicted molar refractivity (Wildman–Crippen MR) is 56.2 cm³/mol. The molecule has 0 amide bonds. The summed E-state index contributed by atoms with van der Waals surface area (Å²) < 4.78 is 0. The van der Waals surface area contributed by atoms with Crippen molar-refractivity contribution in [1.29, 1.82) is 5.26 Å². The first kappa shape index (κ1) is 11.4. The highest BCUT2D eigenvalue weighted by molar-refractivity contribution is 9.09. The fraction of sp³-hybridized carbons (Fsp3) is 0.100. The number of hydrogen-bond acceptors (Lipinski definition) is 3. The predicted octanol–water partition coefficient (Wildman–Crippen LogP) is 1.83. The zero-order chi connectivity index (χ0) is 11.4. The molecular weight excluding hydrogens is 262 g/mol. The molecule has 1 N–H and O–H groups in total. The maximum atomic E-state index is 11.3. The molecule has 1 aromatic carbocycles. The van der Waals surface area contributed by atoms with Crippen LogP contribution in [-0.2, 0) is 0 Å². The second kappa shape index (κ2) is 4.71. The monoisotopic (exact) mass is 267 g/mol.